The molecule has 0 aliphatic carbocycles. The van der Waals surface area contributed by atoms with Crippen LogP contribution in [-0.4, -0.2) is 59.7 Å². The summed E-state index contributed by atoms with van der Waals surface area (Å²) in [4.78, 5) is 0. The van der Waals surface area contributed by atoms with Crippen molar-refractivity contribution in [2.75, 3.05) is 46.9 Å². The highest BCUT2D eigenvalue weighted by molar-refractivity contribution is 7.87. The van der Waals surface area contributed by atoms with Gasteiger partial charge in [0.25, 0.3) is 10.2 Å². The Morgan fingerprint density at radius 3 is 2.47 bits per heavy atom. The fourth-order valence-electron chi connectivity index (χ4n) is 1.92. The molecule has 116 valence electrons. The quantitative estimate of drug-likeness (QED) is 0.704. The number of nitrogens with zero attached hydrogens (tertiary/aromatic N) is 1. The molecule has 0 spiro atoms. The van der Waals surface area contributed by atoms with Gasteiger partial charge in [-0.15, -0.1) is 12.4 Å². The summed E-state index contributed by atoms with van der Waals surface area (Å²) in [5.74, 6) is 0. The molecule has 1 aliphatic heterocycles. The second-order valence-electron chi connectivity index (χ2n) is 5.20. The molecule has 0 aromatic heterocycles. The van der Waals surface area contributed by atoms with Gasteiger partial charge in [0, 0.05) is 27.2 Å². The van der Waals surface area contributed by atoms with Gasteiger partial charge < -0.3 is 10.1 Å². The minimum absolute atomic E-state index is 0. The van der Waals surface area contributed by atoms with E-state index in [9.17, 15) is 8.42 Å². The molecule has 0 unspecified atom stereocenters. The van der Waals surface area contributed by atoms with Crippen molar-refractivity contribution >= 4 is 22.6 Å². The molecule has 19 heavy (non-hydrogen) atoms. The predicted octanol–water partition coefficient (Wildman–Crippen LogP) is 0.211. The smallest absolute Gasteiger partial charge is 0.279 e. The van der Waals surface area contributed by atoms with Gasteiger partial charge in [0.15, 0.2) is 0 Å². The molecule has 6 nitrogen and oxygen atoms in total. The van der Waals surface area contributed by atoms with Crippen molar-refractivity contribution in [2.45, 2.75) is 19.8 Å². The minimum Gasteiger partial charge on any atom is -0.383 e. The first kappa shape index (κ1) is 19.1. The van der Waals surface area contributed by atoms with E-state index in [1.54, 1.807) is 14.2 Å². The van der Waals surface area contributed by atoms with Crippen LogP contribution in [-0.2, 0) is 14.9 Å². The Labute approximate surface area is 122 Å². The van der Waals surface area contributed by atoms with Crippen LogP contribution in [0.2, 0.25) is 0 Å². The van der Waals surface area contributed by atoms with E-state index in [1.165, 1.54) is 4.31 Å². The summed E-state index contributed by atoms with van der Waals surface area (Å²) in [6.45, 7) is 5.30. The fourth-order valence-corrected chi connectivity index (χ4v) is 2.99. The normalized spacial score (nSPS) is 19.2. The van der Waals surface area contributed by atoms with E-state index in [4.69, 9.17) is 4.74 Å². The van der Waals surface area contributed by atoms with Crippen LogP contribution in [0.5, 0.6) is 0 Å². The molecule has 0 aromatic carbocycles. The van der Waals surface area contributed by atoms with Crippen LogP contribution >= 0.6 is 12.4 Å². The average molecular weight is 316 g/mol. The summed E-state index contributed by atoms with van der Waals surface area (Å²) in [7, 11) is -0.266. The van der Waals surface area contributed by atoms with E-state index < -0.39 is 10.2 Å². The van der Waals surface area contributed by atoms with E-state index in [-0.39, 0.29) is 17.8 Å². The van der Waals surface area contributed by atoms with Gasteiger partial charge in [-0.1, -0.05) is 6.92 Å². The lowest BCUT2D eigenvalue weighted by Gasteiger charge is -2.34. The molecule has 2 N–H and O–H groups in total. The van der Waals surface area contributed by atoms with Gasteiger partial charge in [0.2, 0.25) is 0 Å². The zero-order chi connectivity index (χ0) is 13.6. The van der Waals surface area contributed by atoms with Crippen molar-refractivity contribution in [2.24, 2.45) is 5.41 Å². The Bertz CT molecular complexity index is 345. The van der Waals surface area contributed by atoms with Crippen molar-refractivity contribution in [1.29, 1.82) is 0 Å². The first-order chi connectivity index (χ1) is 8.40. The third-order valence-corrected chi connectivity index (χ3v) is 5.02. The second-order valence-corrected chi connectivity index (χ2v) is 7.06. The van der Waals surface area contributed by atoms with Gasteiger partial charge in [-0.2, -0.15) is 12.7 Å². The maximum Gasteiger partial charge on any atom is 0.279 e. The van der Waals surface area contributed by atoms with Gasteiger partial charge in [0.05, 0.1) is 6.61 Å². The van der Waals surface area contributed by atoms with Crippen LogP contribution < -0.4 is 10.0 Å². The molecule has 1 aliphatic rings. The first-order valence-corrected chi connectivity index (χ1v) is 7.74. The number of rotatable bonds is 7. The van der Waals surface area contributed by atoms with Gasteiger partial charge in [-0.05, 0) is 31.3 Å². The highest BCUT2D eigenvalue weighted by Gasteiger charge is 2.29. The molecular formula is C11H26ClN3O3S. The Morgan fingerprint density at radius 2 is 1.95 bits per heavy atom. The fraction of sp³-hybridized carbons (Fsp3) is 1.00. The van der Waals surface area contributed by atoms with E-state index in [0.29, 0.717) is 19.7 Å². The highest BCUT2D eigenvalue weighted by Crippen LogP contribution is 2.26. The number of nitrogens with one attached hydrogen (secondary N) is 2. The molecule has 0 saturated carbocycles. The Kier molecular flexibility index (Phi) is 8.42. The number of hydrogen-bond acceptors (Lipinski definition) is 4. The largest absolute Gasteiger partial charge is 0.383 e. The topological polar surface area (TPSA) is 70.7 Å². The Morgan fingerprint density at radius 1 is 1.37 bits per heavy atom. The lowest BCUT2D eigenvalue weighted by Crippen LogP contribution is -2.47. The number of halogens is 1. The molecule has 0 bridgehead atoms. The monoisotopic (exact) mass is 315 g/mol. The molecule has 0 atom stereocenters. The SMILES string of the molecule is COCCN(C)S(=O)(=O)NCC1(C)CCNCC1.Cl. The maximum absolute atomic E-state index is 12.0. The Balaban J connectivity index is 0.00000324. The minimum atomic E-state index is -3.39. The zero-order valence-electron chi connectivity index (χ0n) is 11.9. The predicted molar refractivity (Wildman–Crippen MR) is 78.9 cm³/mol. The average Bonchev–Trinajstić information content (AvgIpc) is 2.35. The first-order valence-electron chi connectivity index (χ1n) is 6.30. The molecule has 1 saturated heterocycles. The summed E-state index contributed by atoms with van der Waals surface area (Å²) in [5.41, 5.74) is 0.0560. The summed E-state index contributed by atoms with van der Waals surface area (Å²) in [6, 6.07) is 0. The summed E-state index contributed by atoms with van der Waals surface area (Å²) in [6.07, 6.45) is 1.99. The molecule has 1 rings (SSSR count). The van der Waals surface area contributed by atoms with Crippen LogP contribution in [0.25, 0.3) is 0 Å². The standard InChI is InChI=1S/C11H25N3O3S.ClH/c1-11(4-6-12-7-5-11)10-13-18(15,16)14(2)8-9-17-3;/h12-13H,4-10H2,1-3H3;1H. The van der Waals surface area contributed by atoms with Crippen molar-refractivity contribution < 1.29 is 13.2 Å². The van der Waals surface area contributed by atoms with Crippen molar-refractivity contribution in [3.8, 4) is 0 Å². The molecule has 8 heteroatoms. The van der Waals surface area contributed by atoms with Crippen LogP contribution in [0.3, 0.4) is 0 Å². The highest BCUT2D eigenvalue weighted by atomic mass is 35.5. The number of hydrogen-bond donors (Lipinski definition) is 2. The van der Waals surface area contributed by atoms with E-state index in [1.807, 2.05) is 0 Å². The van der Waals surface area contributed by atoms with Gasteiger partial charge >= 0.3 is 0 Å². The summed E-state index contributed by atoms with van der Waals surface area (Å²) >= 11 is 0. The lowest BCUT2D eigenvalue weighted by atomic mass is 9.81. The molecular weight excluding hydrogens is 290 g/mol. The second kappa shape index (κ2) is 8.39. The number of likely N-dealkylation sites (N-methyl/N-ethyl adjacent to an activating group) is 1. The van der Waals surface area contributed by atoms with Crippen LogP contribution in [0.15, 0.2) is 0 Å². The third-order valence-electron chi connectivity index (χ3n) is 3.51. The van der Waals surface area contributed by atoms with Crippen LogP contribution in [0.4, 0.5) is 0 Å². The van der Waals surface area contributed by atoms with Crippen LogP contribution in [0.1, 0.15) is 19.8 Å². The van der Waals surface area contributed by atoms with Crippen molar-refractivity contribution in [3.63, 3.8) is 0 Å². The lowest BCUT2D eigenvalue weighted by molar-refractivity contribution is 0.183. The molecule has 0 radical (unpaired) electrons. The van der Waals surface area contributed by atoms with Gasteiger partial charge in [0.1, 0.15) is 0 Å². The molecule has 1 heterocycles. The van der Waals surface area contributed by atoms with Gasteiger partial charge in [-0.25, -0.2) is 4.72 Å². The van der Waals surface area contributed by atoms with Crippen molar-refractivity contribution in [1.82, 2.24) is 14.3 Å². The van der Waals surface area contributed by atoms with Crippen molar-refractivity contribution in [3.05, 3.63) is 0 Å². The van der Waals surface area contributed by atoms with E-state index in [2.05, 4.69) is 17.0 Å². The Hall–Kier alpha value is 0.0800. The molecule has 0 aromatic rings. The maximum atomic E-state index is 12.0. The van der Waals surface area contributed by atoms with E-state index in [0.717, 1.165) is 25.9 Å². The summed E-state index contributed by atoms with van der Waals surface area (Å²) in [5, 5.41) is 3.28. The summed E-state index contributed by atoms with van der Waals surface area (Å²) < 4.78 is 32.8. The van der Waals surface area contributed by atoms with Crippen LogP contribution in [0, 0.1) is 5.41 Å². The zero-order valence-corrected chi connectivity index (χ0v) is 13.6. The third kappa shape index (κ3) is 6.37. The molecule has 0 amide bonds. The number of ether oxygens (including phenoxy) is 1. The molecule has 1 fully saturated rings. The number of piperidine rings is 1. The number of methoxy groups -OCH3 is 1. The van der Waals surface area contributed by atoms with Gasteiger partial charge in [-0.3, -0.25) is 0 Å². The van der Waals surface area contributed by atoms with E-state index >= 15 is 0 Å².